The number of carboxylic acid groups (broad SMARTS) is 1. The predicted molar refractivity (Wildman–Crippen MR) is 81.9 cm³/mol. The molecular weight excluding hydrogens is 384 g/mol. The zero-order valence-electron chi connectivity index (χ0n) is 11.0. The van der Waals surface area contributed by atoms with E-state index in [1.807, 2.05) is 0 Å². The van der Waals surface area contributed by atoms with Gasteiger partial charge in [-0.3, -0.25) is 0 Å². The highest BCUT2D eigenvalue weighted by molar-refractivity contribution is 9.10. The molecule has 0 radical (unpaired) electrons. The molecule has 1 aliphatic rings. The number of hydrogen-bond donors (Lipinski definition) is 2. The number of carbonyl (C=O) groups is 1. The highest BCUT2D eigenvalue weighted by atomic mass is 79.9. The van der Waals surface area contributed by atoms with Crippen LogP contribution in [-0.4, -0.2) is 37.6 Å². The second-order valence-corrected chi connectivity index (χ2v) is 7.61. The molecule has 2 rings (SSSR count). The minimum Gasteiger partial charge on any atom is -0.478 e. The molecule has 0 amide bonds. The van der Waals surface area contributed by atoms with Crippen molar-refractivity contribution >= 4 is 43.5 Å². The molecular formula is C12H14BrClN2O4S. The molecule has 116 valence electrons. The van der Waals surface area contributed by atoms with Crippen molar-refractivity contribution in [3.05, 3.63) is 27.2 Å². The summed E-state index contributed by atoms with van der Waals surface area (Å²) in [6.45, 7) is 1.28. The van der Waals surface area contributed by atoms with Crippen molar-refractivity contribution in [3.8, 4) is 0 Å². The van der Waals surface area contributed by atoms with Crippen molar-refractivity contribution in [1.82, 2.24) is 9.84 Å². The smallest absolute Gasteiger partial charge is 0.337 e. The van der Waals surface area contributed by atoms with Gasteiger partial charge in [0.1, 0.15) is 0 Å². The topological polar surface area (TPSA) is 86.7 Å². The van der Waals surface area contributed by atoms with E-state index in [9.17, 15) is 13.2 Å². The normalized spacial score (nSPS) is 16.9. The number of carboxylic acids is 1. The molecule has 1 aromatic rings. The van der Waals surface area contributed by atoms with Gasteiger partial charge in [0.05, 0.1) is 15.5 Å². The van der Waals surface area contributed by atoms with Crippen LogP contribution in [0.3, 0.4) is 0 Å². The molecule has 1 aliphatic heterocycles. The Labute approximate surface area is 136 Å². The number of benzene rings is 1. The van der Waals surface area contributed by atoms with E-state index in [2.05, 4.69) is 20.8 Å². The molecule has 21 heavy (non-hydrogen) atoms. The maximum Gasteiger partial charge on any atom is 0.337 e. The highest BCUT2D eigenvalue weighted by Crippen LogP contribution is 2.30. The number of hydrogen-bond acceptors (Lipinski definition) is 4. The fourth-order valence-electron chi connectivity index (χ4n) is 2.08. The van der Waals surface area contributed by atoms with E-state index in [-0.39, 0.29) is 20.0 Å². The standard InChI is InChI=1S/C12H14BrClN2O4S/c13-10-7-8(6-9(11(10)14)12(17)18)21(19,20)15-16-4-2-1-3-5-16/h6-7,15H,1-5H2,(H,17,18). The van der Waals surface area contributed by atoms with Gasteiger partial charge < -0.3 is 5.11 Å². The summed E-state index contributed by atoms with van der Waals surface area (Å²) in [6.07, 6.45) is 2.92. The van der Waals surface area contributed by atoms with Crippen molar-refractivity contribution in [1.29, 1.82) is 0 Å². The quantitative estimate of drug-likeness (QED) is 0.815. The van der Waals surface area contributed by atoms with Gasteiger partial charge in [-0.25, -0.2) is 18.2 Å². The van der Waals surface area contributed by atoms with Crippen LogP contribution in [0.2, 0.25) is 5.02 Å². The average Bonchev–Trinajstić information content (AvgIpc) is 2.41. The van der Waals surface area contributed by atoms with Crippen molar-refractivity contribution in [2.24, 2.45) is 0 Å². The Morgan fingerprint density at radius 1 is 1.29 bits per heavy atom. The summed E-state index contributed by atoms with van der Waals surface area (Å²) in [4.78, 5) is 13.4. The number of nitrogens with one attached hydrogen (secondary N) is 1. The molecule has 0 spiro atoms. The van der Waals surface area contributed by atoms with E-state index in [0.29, 0.717) is 13.1 Å². The second kappa shape index (κ2) is 6.62. The van der Waals surface area contributed by atoms with Crippen LogP contribution in [0.4, 0.5) is 0 Å². The number of nitrogens with zero attached hydrogens (tertiary/aromatic N) is 1. The van der Waals surface area contributed by atoms with Gasteiger partial charge in [-0.15, -0.1) is 4.83 Å². The predicted octanol–water partition coefficient (Wildman–Crippen LogP) is 2.48. The van der Waals surface area contributed by atoms with Crippen LogP contribution in [0.15, 0.2) is 21.5 Å². The third-order valence-corrected chi connectivity index (χ3v) is 5.76. The van der Waals surface area contributed by atoms with Gasteiger partial charge in [-0.05, 0) is 40.9 Å². The number of rotatable bonds is 4. The minimum atomic E-state index is -3.83. The molecule has 0 unspecified atom stereocenters. The summed E-state index contributed by atoms with van der Waals surface area (Å²) in [6, 6.07) is 2.35. The van der Waals surface area contributed by atoms with Crippen molar-refractivity contribution in [3.63, 3.8) is 0 Å². The maximum absolute atomic E-state index is 12.3. The number of halogens is 2. The first-order chi connectivity index (χ1) is 9.81. The minimum absolute atomic E-state index is 0.0283. The lowest BCUT2D eigenvalue weighted by Crippen LogP contribution is -2.44. The van der Waals surface area contributed by atoms with Crippen LogP contribution in [0.5, 0.6) is 0 Å². The summed E-state index contributed by atoms with van der Waals surface area (Å²) < 4.78 is 24.9. The SMILES string of the molecule is O=C(O)c1cc(S(=O)(=O)NN2CCCCC2)cc(Br)c1Cl. The average molecular weight is 398 g/mol. The Morgan fingerprint density at radius 3 is 2.48 bits per heavy atom. The van der Waals surface area contributed by atoms with Gasteiger partial charge in [0.2, 0.25) is 0 Å². The van der Waals surface area contributed by atoms with Crippen LogP contribution in [0.25, 0.3) is 0 Å². The third kappa shape index (κ3) is 3.95. The summed E-state index contributed by atoms with van der Waals surface area (Å²) in [5, 5.41) is 10.7. The molecule has 0 bridgehead atoms. The largest absolute Gasteiger partial charge is 0.478 e. The summed E-state index contributed by atoms with van der Waals surface area (Å²) in [7, 11) is -3.83. The molecule has 0 aromatic heterocycles. The van der Waals surface area contributed by atoms with E-state index >= 15 is 0 Å². The first-order valence-corrected chi connectivity index (χ1v) is 8.96. The number of piperidine rings is 1. The number of hydrazine groups is 1. The Bertz CT molecular complexity index is 659. The van der Waals surface area contributed by atoms with Crippen LogP contribution < -0.4 is 4.83 Å². The Morgan fingerprint density at radius 2 is 1.90 bits per heavy atom. The van der Waals surface area contributed by atoms with E-state index in [0.717, 1.165) is 25.3 Å². The highest BCUT2D eigenvalue weighted by Gasteiger charge is 2.23. The summed E-state index contributed by atoms with van der Waals surface area (Å²) in [5.74, 6) is -1.28. The lowest BCUT2D eigenvalue weighted by atomic mass is 10.2. The fourth-order valence-corrected chi connectivity index (χ4v) is 4.06. The summed E-state index contributed by atoms with van der Waals surface area (Å²) in [5.41, 5.74) is -0.259. The van der Waals surface area contributed by atoms with Gasteiger partial charge in [0.25, 0.3) is 10.0 Å². The first-order valence-electron chi connectivity index (χ1n) is 6.31. The molecule has 1 fully saturated rings. The molecule has 0 aliphatic carbocycles. The zero-order valence-corrected chi connectivity index (χ0v) is 14.1. The Hall–Kier alpha value is -0.670. The van der Waals surface area contributed by atoms with Crippen LogP contribution in [0.1, 0.15) is 29.6 Å². The van der Waals surface area contributed by atoms with Gasteiger partial charge in [-0.2, -0.15) is 0 Å². The van der Waals surface area contributed by atoms with E-state index < -0.39 is 16.0 Å². The van der Waals surface area contributed by atoms with Crippen molar-refractivity contribution in [2.75, 3.05) is 13.1 Å². The van der Waals surface area contributed by atoms with Gasteiger partial charge in [0.15, 0.2) is 0 Å². The first kappa shape index (κ1) is 16.7. The van der Waals surface area contributed by atoms with Crippen LogP contribution >= 0.6 is 27.5 Å². The van der Waals surface area contributed by atoms with Crippen molar-refractivity contribution in [2.45, 2.75) is 24.2 Å². The third-order valence-electron chi connectivity index (χ3n) is 3.15. The van der Waals surface area contributed by atoms with E-state index in [1.54, 1.807) is 5.01 Å². The van der Waals surface area contributed by atoms with E-state index in [4.69, 9.17) is 16.7 Å². The Kier molecular flexibility index (Phi) is 5.26. The molecule has 9 heteroatoms. The van der Waals surface area contributed by atoms with Gasteiger partial charge in [0, 0.05) is 17.6 Å². The van der Waals surface area contributed by atoms with Gasteiger partial charge >= 0.3 is 5.97 Å². The number of aromatic carboxylic acids is 1. The molecule has 1 aromatic carbocycles. The summed E-state index contributed by atoms with van der Waals surface area (Å²) >= 11 is 8.93. The molecule has 6 nitrogen and oxygen atoms in total. The van der Waals surface area contributed by atoms with Crippen LogP contribution in [-0.2, 0) is 10.0 Å². The molecule has 1 saturated heterocycles. The number of sulfonamides is 1. The van der Waals surface area contributed by atoms with Gasteiger partial charge in [-0.1, -0.05) is 18.0 Å². The maximum atomic E-state index is 12.3. The lowest BCUT2D eigenvalue weighted by Gasteiger charge is -2.26. The molecule has 2 N–H and O–H groups in total. The monoisotopic (exact) mass is 396 g/mol. The Balaban J connectivity index is 2.33. The lowest BCUT2D eigenvalue weighted by molar-refractivity contribution is 0.0696. The van der Waals surface area contributed by atoms with Crippen molar-refractivity contribution < 1.29 is 18.3 Å². The van der Waals surface area contributed by atoms with Crippen LogP contribution in [0, 0.1) is 0 Å². The molecule has 0 saturated carbocycles. The second-order valence-electron chi connectivity index (χ2n) is 4.71. The fraction of sp³-hybridized carbons (Fsp3) is 0.417. The molecule has 0 atom stereocenters. The molecule has 1 heterocycles. The zero-order chi connectivity index (χ0) is 15.6. The van der Waals surface area contributed by atoms with E-state index in [1.165, 1.54) is 6.07 Å².